The average molecular weight is 731 g/mol. The summed E-state index contributed by atoms with van der Waals surface area (Å²) in [6, 6.07) is 48.8. The van der Waals surface area contributed by atoms with Crippen molar-refractivity contribution < 1.29 is 48.8 Å². The first-order valence-corrected chi connectivity index (χ1v) is 16.0. The predicted octanol–water partition coefficient (Wildman–Crippen LogP) is 9.64. The number of rotatable bonds is 12. The van der Waals surface area contributed by atoms with E-state index in [0.29, 0.717) is 50.8 Å². The Kier molecular flexibility index (Phi) is 21.3. The van der Waals surface area contributed by atoms with Gasteiger partial charge in [0.2, 0.25) is 0 Å². The fourth-order valence-corrected chi connectivity index (χ4v) is 4.58. The molecule has 4 nitrogen and oxygen atoms in total. The van der Waals surface area contributed by atoms with E-state index in [0.717, 1.165) is 11.1 Å². The van der Waals surface area contributed by atoms with Crippen LogP contribution < -0.4 is 9.80 Å². The number of anilines is 2. The van der Waals surface area contributed by atoms with Gasteiger partial charge >= 0.3 is 21.7 Å². The third-order valence-electron chi connectivity index (χ3n) is 7.04. The predicted molar refractivity (Wildman–Crippen MR) is 193 cm³/mol. The van der Waals surface area contributed by atoms with Crippen LogP contribution in [-0.2, 0) is 44.3 Å². The zero-order valence-electron chi connectivity index (χ0n) is 28.8. The maximum Gasteiger partial charge on any atom is 4.00 e. The third kappa shape index (κ3) is 16.9. The van der Waals surface area contributed by atoms with Crippen molar-refractivity contribution in [2.75, 3.05) is 50.3 Å². The SMILES string of the molecule is COCCN(Cc1ccccc1)c1ccc(F)[c-]c1F.COCCN(Cc1ccccc1)c1ccc(F)[c-]c1F.[Ti+4].c1cc[cH-]c1.c1cc[cH-]c1. The molecule has 0 N–H and O–H groups in total. The van der Waals surface area contributed by atoms with Gasteiger partial charge in [-0.1, -0.05) is 60.7 Å². The molecule has 0 aromatic heterocycles. The van der Waals surface area contributed by atoms with Gasteiger partial charge < -0.3 is 19.3 Å². The van der Waals surface area contributed by atoms with E-state index in [2.05, 4.69) is 12.1 Å². The van der Waals surface area contributed by atoms with E-state index < -0.39 is 23.3 Å². The van der Waals surface area contributed by atoms with Crippen LogP contribution in [0.1, 0.15) is 11.1 Å². The molecule has 0 bridgehead atoms. The van der Waals surface area contributed by atoms with Crippen LogP contribution in [0.3, 0.4) is 0 Å². The van der Waals surface area contributed by atoms with Gasteiger partial charge in [0, 0.05) is 63.7 Å². The Balaban J connectivity index is 0.000000273. The minimum atomic E-state index is -0.697. The van der Waals surface area contributed by atoms with Gasteiger partial charge in [0.05, 0.1) is 13.2 Å². The van der Waals surface area contributed by atoms with Crippen molar-refractivity contribution in [1.29, 1.82) is 0 Å². The Morgan fingerprint density at radius 2 is 0.863 bits per heavy atom. The van der Waals surface area contributed by atoms with Crippen LogP contribution in [0, 0.1) is 35.4 Å². The number of hydrogen-bond donors (Lipinski definition) is 0. The molecule has 6 aromatic carbocycles. The molecule has 264 valence electrons. The molecular weight excluding hydrogens is 688 g/mol. The summed E-state index contributed by atoms with van der Waals surface area (Å²) in [4.78, 5) is 3.62. The second kappa shape index (κ2) is 25.5. The maximum atomic E-state index is 13.9. The van der Waals surface area contributed by atoms with Crippen molar-refractivity contribution in [1.82, 2.24) is 0 Å². The molecule has 0 radical (unpaired) electrons. The van der Waals surface area contributed by atoms with Gasteiger partial charge in [-0.05, 0) is 22.5 Å². The molecule has 6 aromatic rings. The third-order valence-corrected chi connectivity index (χ3v) is 7.04. The van der Waals surface area contributed by atoms with Gasteiger partial charge in [0.25, 0.3) is 0 Å². The van der Waals surface area contributed by atoms with Gasteiger partial charge in [-0.15, -0.1) is 36.4 Å². The van der Waals surface area contributed by atoms with Gasteiger partial charge in [0.1, 0.15) is 0 Å². The van der Waals surface area contributed by atoms with E-state index in [4.69, 9.17) is 9.47 Å². The zero-order chi connectivity index (χ0) is 35.8. The van der Waals surface area contributed by atoms with E-state index >= 15 is 0 Å². The molecule has 0 aliphatic rings. The Hall–Kier alpha value is -4.47. The Morgan fingerprint density at radius 3 is 1.14 bits per heavy atom. The number of nitrogens with zero attached hydrogens (tertiary/aromatic N) is 2. The fraction of sp³-hybridized carbons (Fsp3) is 0.190. The van der Waals surface area contributed by atoms with Crippen molar-refractivity contribution in [2.24, 2.45) is 0 Å². The Labute approximate surface area is 314 Å². The fourth-order valence-electron chi connectivity index (χ4n) is 4.58. The molecule has 0 fully saturated rings. The molecule has 0 amide bonds. The Morgan fingerprint density at radius 1 is 0.510 bits per heavy atom. The van der Waals surface area contributed by atoms with Gasteiger partial charge in [-0.25, -0.2) is 41.8 Å². The molecule has 51 heavy (non-hydrogen) atoms. The number of halogens is 4. The van der Waals surface area contributed by atoms with Crippen LogP contribution in [0.15, 0.2) is 146 Å². The number of benzene rings is 4. The normalized spacial score (nSPS) is 9.84. The second-order valence-electron chi connectivity index (χ2n) is 10.7. The zero-order valence-corrected chi connectivity index (χ0v) is 30.4. The summed E-state index contributed by atoms with van der Waals surface area (Å²) >= 11 is 0. The minimum Gasteiger partial charge on any atom is -0.415 e. The molecular formula is C42H42F4N2O2Ti. The van der Waals surface area contributed by atoms with Crippen molar-refractivity contribution in [3.63, 3.8) is 0 Å². The first-order valence-electron chi connectivity index (χ1n) is 16.0. The molecule has 0 aliphatic carbocycles. The minimum absolute atomic E-state index is 0. The van der Waals surface area contributed by atoms with Crippen LogP contribution in [0.25, 0.3) is 0 Å². The summed E-state index contributed by atoms with van der Waals surface area (Å²) in [5.41, 5.74) is 2.75. The molecule has 0 saturated carbocycles. The van der Waals surface area contributed by atoms with E-state index in [9.17, 15) is 17.6 Å². The molecule has 6 rings (SSSR count). The molecule has 0 spiro atoms. The van der Waals surface area contributed by atoms with Gasteiger partial charge in [-0.3, -0.25) is 0 Å². The van der Waals surface area contributed by atoms with E-state index in [-0.39, 0.29) is 21.7 Å². The molecule has 9 heteroatoms. The summed E-state index contributed by atoms with van der Waals surface area (Å²) < 4.78 is 63.7. The summed E-state index contributed by atoms with van der Waals surface area (Å²) in [6.45, 7) is 3.01. The average Bonchev–Trinajstić information content (AvgIpc) is 3.91. The van der Waals surface area contributed by atoms with Gasteiger partial charge in [0.15, 0.2) is 0 Å². The molecule has 0 atom stereocenters. The van der Waals surface area contributed by atoms with Crippen LogP contribution in [0.5, 0.6) is 0 Å². The Bertz CT molecular complexity index is 1530. The number of ether oxygens (including phenoxy) is 2. The smallest absolute Gasteiger partial charge is 0.415 e. The van der Waals surface area contributed by atoms with Crippen LogP contribution in [0.4, 0.5) is 28.9 Å². The summed E-state index contributed by atoms with van der Waals surface area (Å²) in [5.74, 6) is -2.76. The summed E-state index contributed by atoms with van der Waals surface area (Å²) in [7, 11) is 3.18. The van der Waals surface area contributed by atoms with E-state index in [1.54, 1.807) is 14.2 Å². The standard InChI is InChI=1S/2C16H16F2NO.2C5H5.Ti/c2*1-20-10-9-19(12-13-5-3-2-4-6-13)16-8-7-14(17)11-15(16)18;2*1-2-4-5-3-1;/h2*2-8H,9-10,12H2,1H3;2*1-5H;/q4*-1;+4. The van der Waals surface area contributed by atoms with Crippen molar-refractivity contribution >= 4 is 11.4 Å². The molecule has 0 heterocycles. The van der Waals surface area contributed by atoms with Crippen molar-refractivity contribution in [3.05, 3.63) is 192 Å². The van der Waals surface area contributed by atoms with E-state index in [1.165, 1.54) is 24.3 Å². The first kappa shape index (κ1) is 42.7. The maximum absolute atomic E-state index is 13.9. The monoisotopic (exact) mass is 730 g/mol. The first-order chi connectivity index (χ1) is 24.4. The molecule has 0 saturated heterocycles. The molecule has 0 unspecified atom stereocenters. The quantitative estimate of drug-likeness (QED) is 0.0712. The van der Waals surface area contributed by atoms with Gasteiger partial charge in [-0.2, -0.15) is 36.4 Å². The topological polar surface area (TPSA) is 24.9 Å². The van der Waals surface area contributed by atoms with E-state index in [1.807, 2.05) is 131 Å². The summed E-state index contributed by atoms with van der Waals surface area (Å²) in [5, 5.41) is 0. The second-order valence-corrected chi connectivity index (χ2v) is 10.7. The van der Waals surface area contributed by atoms with Crippen LogP contribution in [0.2, 0.25) is 0 Å². The largest absolute Gasteiger partial charge is 4.00 e. The number of methoxy groups -OCH3 is 2. The van der Waals surface area contributed by atoms with Crippen LogP contribution >= 0.6 is 0 Å². The van der Waals surface area contributed by atoms with Crippen molar-refractivity contribution in [2.45, 2.75) is 13.1 Å². The summed E-state index contributed by atoms with van der Waals surface area (Å²) in [6.07, 6.45) is 0. The number of hydrogen-bond acceptors (Lipinski definition) is 4. The van der Waals surface area contributed by atoms with Crippen molar-refractivity contribution in [3.8, 4) is 0 Å². The van der Waals surface area contributed by atoms with Crippen LogP contribution in [-0.4, -0.2) is 40.5 Å². The molecule has 0 aliphatic heterocycles.